The van der Waals surface area contributed by atoms with Crippen LogP contribution in [0, 0.1) is 20.2 Å². The van der Waals surface area contributed by atoms with Crippen LogP contribution in [0.15, 0.2) is 47.3 Å². The molecule has 0 aliphatic carbocycles. The molecule has 0 radical (unpaired) electrons. The monoisotopic (exact) mass is 434 g/mol. The highest BCUT2D eigenvalue weighted by Crippen LogP contribution is 2.26. The van der Waals surface area contributed by atoms with Crippen molar-refractivity contribution >= 4 is 51.0 Å². The number of aromatic nitrogens is 3. The van der Waals surface area contributed by atoms with Gasteiger partial charge in [0.05, 0.1) is 20.9 Å². The number of non-ortho nitro benzene ring substituents is 1. The molecule has 148 valence electrons. The molecule has 2 heterocycles. The number of rotatable bonds is 3. The summed E-state index contributed by atoms with van der Waals surface area (Å²) in [6.07, 6.45) is 0. The first-order valence-electron chi connectivity index (χ1n) is 7.72. The molecule has 29 heavy (non-hydrogen) atoms. The molecule has 0 atom stereocenters. The highest BCUT2D eigenvalue weighted by molar-refractivity contribution is 7.07. The molecule has 0 spiro atoms. The number of hydrogen-bond acceptors (Lipinski definition) is 9. The van der Waals surface area contributed by atoms with Crippen molar-refractivity contribution in [1.29, 1.82) is 0 Å². The second kappa shape index (κ2) is 8.08. The summed E-state index contributed by atoms with van der Waals surface area (Å²) in [6.45, 7) is 0. The molecule has 0 aliphatic rings. The predicted octanol–water partition coefficient (Wildman–Crippen LogP) is 4.14. The summed E-state index contributed by atoms with van der Waals surface area (Å²) in [5, 5.41) is 32.6. The topological polar surface area (TPSA) is 163 Å². The van der Waals surface area contributed by atoms with Gasteiger partial charge in [-0.3, -0.25) is 20.2 Å². The average molecular weight is 435 g/mol. The van der Waals surface area contributed by atoms with Crippen LogP contribution in [0.4, 0.5) is 17.1 Å². The Hall–Kier alpha value is -3.77. The van der Waals surface area contributed by atoms with E-state index in [9.17, 15) is 25.4 Å². The van der Waals surface area contributed by atoms with Gasteiger partial charge in [0.2, 0.25) is 0 Å². The van der Waals surface area contributed by atoms with Crippen LogP contribution in [-0.4, -0.2) is 29.8 Å². The predicted molar refractivity (Wildman–Crippen MR) is 107 cm³/mol. The Kier molecular flexibility index (Phi) is 5.57. The fraction of sp³-hybridized carbons (Fsp3) is 0. The van der Waals surface area contributed by atoms with Gasteiger partial charge in [-0.05, 0) is 18.2 Å². The second-order valence-electron chi connectivity index (χ2n) is 5.52. The van der Waals surface area contributed by atoms with Crippen LogP contribution < -0.4 is 5.73 Å². The fourth-order valence-corrected chi connectivity index (χ4v) is 3.12. The van der Waals surface area contributed by atoms with E-state index < -0.39 is 9.85 Å². The number of imidazole rings is 1. The van der Waals surface area contributed by atoms with Gasteiger partial charge in [-0.1, -0.05) is 11.6 Å². The van der Waals surface area contributed by atoms with Crippen LogP contribution in [-0.2, 0) is 0 Å². The lowest BCUT2D eigenvalue weighted by molar-refractivity contribution is -0.384. The lowest BCUT2D eigenvalue weighted by Crippen LogP contribution is -1.94. The number of halogens is 1. The van der Waals surface area contributed by atoms with Gasteiger partial charge in [-0.15, -0.1) is 11.3 Å². The number of anilines is 1. The maximum absolute atomic E-state index is 10.7. The standard InChI is InChI=1S/C10H6N4O3S.C6H5ClN2O2/c15-13-9-2-1-6(14(16)17)3-7(9)12-10(13)8-4-18-5-11-8;7-5-3-4(8)1-2-6(5)9(10)11/h1-5,15H;1-3H,8H2. The molecule has 0 saturated heterocycles. The quantitative estimate of drug-likeness (QED) is 0.210. The van der Waals surface area contributed by atoms with Crippen molar-refractivity contribution in [2.24, 2.45) is 0 Å². The molecule has 0 amide bonds. The number of nitrogens with two attached hydrogens (primary N) is 1. The van der Waals surface area contributed by atoms with Crippen LogP contribution in [0.25, 0.3) is 22.6 Å². The van der Waals surface area contributed by atoms with Crippen LogP contribution in [0.3, 0.4) is 0 Å². The zero-order valence-electron chi connectivity index (χ0n) is 14.3. The van der Waals surface area contributed by atoms with Gasteiger partial charge in [0, 0.05) is 29.3 Å². The van der Waals surface area contributed by atoms with Crippen molar-refractivity contribution in [2.75, 3.05) is 5.73 Å². The van der Waals surface area contributed by atoms with Gasteiger partial charge in [0.1, 0.15) is 16.2 Å². The number of fused-ring (bicyclic) bond motifs is 1. The summed E-state index contributed by atoms with van der Waals surface area (Å²) in [5.74, 6) is 0.270. The maximum atomic E-state index is 10.7. The molecule has 2 aromatic heterocycles. The molecule has 0 aliphatic heterocycles. The SMILES string of the molecule is Nc1ccc([N+](=O)[O-])c(Cl)c1.O=[N+]([O-])c1ccc2c(c1)nc(-c1cscn1)n2O. The molecule has 13 heteroatoms. The number of nitro groups is 2. The first-order chi connectivity index (χ1) is 13.8. The molecule has 0 fully saturated rings. The maximum Gasteiger partial charge on any atom is 0.288 e. The van der Waals surface area contributed by atoms with Gasteiger partial charge < -0.3 is 10.9 Å². The first-order valence-corrected chi connectivity index (χ1v) is 9.04. The largest absolute Gasteiger partial charge is 0.426 e. The van der Waals surface area contributed by atoms with E-state index in [4.69, 9.17) is 17.3 Å². The molecule has 4 aromatic rings. The van der Waals surface area contributed by atoms with Gasteiger partial charge in [-0.2, -0.15) is 4.73 Å². The minimum Gasteiger partial charge on any atom is -0.426 e. The minimum absolute atomic E-state index is 0.0644. The normalized spacial score (nSPS) is 10.4. The third-order valence-corrected chi connectivity index (χ3v) is 4.54. The Labute approximate surface area is 170 Å². The highest BCUT2D eigenvalue weighted by atomic mass is 35.5. The van der Waals surface area contributed by atoms with E-state index in [1.165, 1.54) is 47.7 Å². The van der Waals surface area contributed by atoms with Crippen molar-refractivity contribution in [1.82, 2.24) is 14.7 Å². The Bertz CT molecular complexity index is 1210. The number of nitrogen functional groups attached to an aromatic ring is 1. The minimum atomic E-state index is -0.554. The van der Waals surface area contributed by atoms with E-state index in [0.29, 0.717) is 22.4 Å². The van der Waals surface area contributed by atoms with Crippen molar-refractivity contribution in [2.45, 2.75) is 0 Å². The summed E-state index contributed by atoms with van der Waals surface area (Å²) in [7, 11) is 0. The number of nitrogens with zero attached hydrogens (tertiary/aromatic N) is 5. The van der Waals surface area contributed by atoms with E-state index in [2.05, 4.69) is 9.97 Å². The van der Waals surface area contributed by atoms with Crippen LogP contribution in [0.1, 0.15) is 0 Å². The molecule has 0 saturated carbocycles. The Morgan fingerprint density at radius 1 is 1.14 bits per heavy atom. The zero-order valence-corrected chi connectivity index (χ0v) is 15.9. The Balaban J connectivity index is 0.000000188. The van der Waals surface area contributed by atoms with Gasteiger partial charge in [-0.25, -0.2) is 9.97 Å². The average Bonchev–Trinajstić information content (AvgIpc) is 3.29. The summed E-state index contributed by atoms with van der Waals surface area (Å²) < 4.78 is 0.883. The van der Waals surface area contributed by atoms with Crippen LogP contribution in [0.2, 0.25) is 5.02 Å². The molecular formula is C16H11ClN6O5S. The Morgan fingerprint density at radius 3 is 2.48 bits per heavy atom. The zero-order chi connectivity index (χ0) is 21.1. The molecule has 0 bridgehead atoms. The number of hydrogen-bond donors (Lipinski definition) is 2. The van der Waals surface area contributed by atoms with E-state index in [-0.39, 0.29) is 22.2 Å². The number of thiazole rings is 1. The van der Waals surface area contributed by atoms with Crippen molar-refractivity contribution in [3.8, 4) is 11.5 Å². The number of benzene rings is 2. The smallest absolute Gasteiger partial charge is 0.288 e. The van der Waals surface area contributed by atoms with E-state index in [1.54, 1.807) is 10.9 Å². The van der Waals surface area contributed by atoms with Gasteiger partial charge in [0.25, 0.3) is 11.4 Å². The Morgan fingerprint density at radius 2 is 1.90 bits per heavy atom. The highest BCUT2D eigenvalue weighted by Gasteiger charge is 2.16. The van der Waals surface area contributed by atoms with Crippen molar-refractivity contribution in [3.63, 3.8) is 0 Å². The third kappa shape index (κ3) is 4.23. The second-order valence-corrected chi connectivity index (χ2v) is 6.64. The van der Waals surface area contributed by atoms with Crippen LogP contribution in [0.5, 0.6) is 0 Å². The van der Waals surface area contributed by atoms with Crippen molar-refractivity contribution in [3.05, 3.63) is 72.5 Å². The van der Waals surface area contributed by atoms with E-state index in [1.807, 2.05) is 0 Å². The first kappa shape index (κ1) is 20.0. The molecule has 11 nitrogen and oxygen atoms in total. The fourth-order valence-electron chi connectivity index (χ4n) is 2.33. The van der Waals surface area contributed by atoms with E-state index >= 15 is 0 Å². The molecular weight excluding hydrogens is 424 g/mol. The van der Waals surface area contributed by atoms with Gasteiger partial charge in [0.15, 0.2) is 5.82 Å². The van der Waals surface area contributed by atoms with E-state index in [0.717, 1.165) is 4.73 Å². The molecule has 0 unspecified atom stereocenters. The summed E-state index contributed by atoms with van der Waals surface area (Å²) in [5.41, 5.74) is 8.46. The molecule has 3 N–H and O–H groups in total. The summed E-state index contributed by atoms with van der Waals surface area (Å²) in [6, 6.07) is 8.15. The molecule has 4 rings (SSSR count). The van der Waals surface area contributed by atoms with Crippen LogP contribution >= 0.6 is 22.9 Å². The number of nitro benzene ring substituents is 2. The summed E-state index contributed by atoms with van der Waals surface area (Å²) in [4.78, 5) is 28.0. The molecule has 2 aromatic carbocycles. The lowest BCUT2D eigenvalue weighted by Gasteiger charge is -1.96. The van der Waals surface area contributed by atoms with Gasteiger partial charge >= 0.3 is 0 Å². The lowest BCUT2D eigenvalue weighted by atomic mass is 10.3. The third-order valence-electron chi connectivity index (χ3n) is 3.65. The van der Waals surface area contributed by atoms with Crippen molar-refractivity contribution < 1.29 is 15.1 Å². The summed E-state index contributed by atoms with van der Waals surface area (Å²) >= 11 is 6.88.